The number of benzene rings is 2. The Morgan fingerprint density at radius 3 is 2.66 bits per heavy atom. The summed E-state index contributed by atoms with van der Waals surface area (Å²) in [7, 11) is -4.52. The number of carbonyl (C=O) groups is 3. The fourth-order valence-corrected chi connectivity index (χ4v) is 5.43. The van der Waals surface area contributed by atoms with Crippen molar-refractivity contribution in [3.05, 3.63) is 60.3 Å². The maximum atomic E-state index is 13.7. The van der Waals surface area contributed by atoms with Crippen LogP contribution >= 0.6 is 0 Å². The van der Waals surface area contributed by atoms with Crippen molar-refractivity contribution in [1.29, 1.82) is 5.26 Å². The van der Waals surface area contributed by atoms with E-state index in [9.17, 15) is 31.6 Å². The van der Waals surface area contributed by atoms with Gasteiger partial charge in [-0.15, -0.1) is 0 Å². The second-order valence-electron chi connectivity index (χ2n) is 9.25. The topological polar surface area (TPSA) is 159 Å². The van der Waals surface area contributed by atoms with Crippen LogP contribution in [0.5, 0.6) is 0 Å². The number of nitriles is 1. The Morgan fingerprint density at radius 2 is 1.93 bits per heavy atom. The zero-order valence-electron chi connectivity index (χ0n) is 21.8. The van der Waals surface area contributed by atoms with Gasteiger partial charge in [-0.05, 0) is 36.2 Å². The van der Waals surface area contributed by atoms with E-state index in [2.05, 4.69) is 15.6 Å². The summed E-state index contributed by atoms with van der Waals surface area (Å²) >= 11 is 0. The van der Waals surface area contributed by atoms with Gasteiger partial charge in [0, 0.05) is 30.1 Å². The van der Waals surface area contributed by atoms with Gasteiger partial charge in [0.15, 0.2) is 0 Å². The Hall–Kier alpha value is -4.64. The number of fused-ring (bicyclic) bond motifs is 1. The third kappa shape index (κ3) is 6.58. The number of amides is 3. The molecule has 0 unspecified atom stereocenters. The number of pyridine rings is 1. The van der Waals surface area contributed by atoms with Crippen LogP contribution in [-0.4, -0.2) is 67.8 Å². The van der Waals surface area contributed by atoms with E-state index in [1.165, 1.54) is 36.5 Å². The summed E-state index contributed by atoms with van der Waals surface area (Å²) in [6, 6.07) is 12.3. The molecule has 1 aliphatic rings. The highest BCUT2D eigenvalue weighted by atomic mass is 32.2. The van der Waals surface area contributed by atoms with Gasteiger partial charge in [0.1, 0.15) is 10.9 Å². The number of nitrogens with one attached hydrogen (secondary N) is 2. The molecule has 3 amide bonds. The average Bonchev–Trinajstić information content (AvgIpc) is 3.28. The standard InChI is InChI=1S/C27H25F2N5O6S/c1-2-10-32-26(37)40-41(38,39)23-6-4-3-5-19(23)17-7-8-22-21(12-17)20(9-11-31-22)25(36)33-15-24(35)34-16-27(28,29)13-18(34)14-30/h3-9,11-12,18H,2,10,13,15-16H2,1H3,(H,32,37)(H,33,36)/t18-/m0/s1. The summed E-state index contributed by atoms with van der Waals surface area (Å²) in [5, 5.41) is 14.2. The van der Waals surface area contributed by atoms with Crippen molar-refractivity contribution in [3.8, 4) is 17.2 Å². The quantitative estimate of drug-likeness (QED) is 0.382. The first-order valence-electron chi connectivity index (χ1n) is 12.5. The summed E-state index contributed by atoms with van der Waals surface area (Å²) in [6.45, 7) is 0.500. The van der Waals surface area contributed by atoms with Crippen LogP contribution < -0.4 is 10.6 Å². The molecule has 1 aliphatic heterocycles. The Kier molecular flexibility index (Phi) is 8.48. The van der Waals surface area contributed by atoms with Crippen LogP contribution in [-0.2, 0) is 19.1 Å². The normalized spacial score (nSPS) is 16.1. The van der Waals surface area contributed by atoms with Gasteiger partial charge < -0.3 is 19.7 Å². The molecule has 1 atom stereocenters. The van der Waals surface area contributed by atoms with Crippen LogP contribution in [0.4, 0.5) is 13.6 Å². The fourth-order valence-electron chi connectivity index (χ4n) is 4.38. The first-order valence-corrected chi connectivity index (χ1v) is 13.9. The van der Waals surface area contributed by atoms with Gasteiger partial charge in [-0.2, -0.15) is 13.7 Å². The van der Waals surface area contributed by atoms with Gasteiger partial charge in [0.2, 0.25) is 5.91 Å². The van der Waals surface area contributed by atoms with Gasteiger partial charge in [0.25, 0.3) is 11.8 Å². The van der Waals surface area contributed by atoms with E-state index in [1.807, 2.05) is 0 Å². The molecule has 3 aromatic rings. The molecule has 214 valence electrons. The monoisotopic (exact) mass is 585 g/mol. The number of nitrogens with zero attached hydrogens (tertiary/aromatic N) is 3. The van der Waals surface area contributed by atoms with Crippen LogP contribution in [0.25, 0.3) is 22.0 Å². The number of halogens is 2. The number of alkyl halides is 2. The minimum Gasteiger partial charge on any atom is -0.343 e. The minimum absolute atomic E-state index is 0.0868. The number of carbonyl (C=O) groups excluding carboxylic acids is 3. The van der Waals surface area contributed by atoms with Crippen molar-refractivity contribution in [2.24, 2.45) is 0 Å². The number of hydrogen-bond acceptors (Lipinski definition) is 8. The lowest BCUT2D eigenvalue weighted by Crippen LogP contribution is -2.43. The molecular formula is C27H25F2N5O6S. The second-order valence-corrected chi connectivity index (χ2v) is 10.8. The van der Waals surface area contributed by atoms with E-state index in [0.717, 1.165) is 4.90 Å². The van der Waals surface area contributed by atoms with E-state index in [4.69, 9.17) is 9.44 Å². The third-order valence-corrected chi connectivity index (χ3v) is 7.56. The third-order valence-electron chi connectivity index (χ3n) is 6.30. The van der Waals surface area contributed by atoms with Crippen molar-refractivity contribution in [2.45, 2.75) is 36.6 Å². The zero-order valence-corrected chi connectivity index (χ0v) is 22.6. The lowest BCUT2D eigenvalue weighted by atomic mass is 10.0. The van der Waals surface area contributed by atoms with Crippen molar-refractivity contribution in [3.63, 3.8) is 0 Å². The Balaban J connectivity index is 1.60. The maximum absolute atomic E-state index is 13.7. The lowest BCUT2D eigenvalue weighted by molar-refractivity contribution is -0.131. The Labute approximate surface area is 234 Å². The summed E-state index contributed by atoms with van der Waals surface area (Å²) in [5.74, 6) is -4.73. The molecule has 0 radical (unpaired) electrons. The van der Waals surface area contributed by atoms with Gasteiger partial charge >= 0.3 is 16.2 Å². The SMILES string of the molecule is CCCNC(=O)OS(=O)(=O)c1ccccc1-c1ccc2nccc(C(=O)NCC(=O)N3CC(F)(F)C[C@H]3C#N)c2c1. The molecular weight excluding hydrogens is 560 g/mol. The van der Waals surface area contributed by atoms with Crippen LogP contribution in [0, 0.1) is 11.3 Å². The molecule has 4 rings (SSSR count). The maximum Gasteiger partial charge on any atom is 0.423 e. The van der Waals surface area contributed by atoms with Gasteiger partial charge in [-0.3, -0.25) is 14.6 Å². The molecule has 2 N–H and O–H groups in total. The number of aromatic nitrogens is 1. The molecule has 0 aliphatic carbocycles. The molecule has 1 fully saturated rings. The lowest BCUT2D eigenvalue weighted by Gasteiger charge is -2.19. The van der Waals surface area contributed by atoms with E-state index < -0.39 is 59.5 Å². The Bertz CT molecular complexity index is 1660. The Morgan fingerprint density at radius 1 is 1.17 bits per heavy atom. The first kappa shape index (κ1) is 29.3. The van der Waals surface area contributed by atoms with Crippen molar-refractivity contribution in [1.82, 2.24) is 20.5 Å². The van der Waals surface area contributed by atoms with Crippen LogP contribution in [0.15, 0.2) is 59.6 Å². The summed E-state index contributed by atoms with van der Waals surface area (Å²) in [6.07, 6.45) is 0.0611. The van der Waals surface area contributed by atoms with Crippen molar-refractivity contribution < 1.29 is 35.8 Å². The predicted octanol–water partition coefficient (Wildman–Crippen LogP) is 3.22. The smallest absolute Gasteiger partial charge is 0.343 e. The fraction of sp³-hybridized carbons (Fsp3) is 0.296. The molecule has 2 aromatic carbocycles. The van der Waals surface area contributed by atoms with E-state index >= 15 is 0 Å². The minimum atomic E-state index is -4.52. The summed E-state index contributed by atoms with van der Waals surface area (Å²) < 4.78 is 58.0. The van der Waals surface area contributed by atoms with Gasteiger partial charge in [0.05, 0.1) is 30.2 Å². The summed E-state index contributed by atoms with van der Waals surface area (Å²) in [4.78, 5) is 42.2. The molecule has 41 heavy (non-hydrogen) atoms. The largest absolute Gasteiger partial charge is 0.423 e. The van der Waals surface area contributed by atoms with Gasteiger partial charge in [-0.1, -0.05) is 31.2 Å². The molecule has 0 saturated carbocycles. The molecule has 0 spiro atoms. The summed E-state index contributed by atoms with van der Waals surface area (Å²) in [5.41, 5.74) is 1.03. The number of rotatable bonds is 8. The van der Waals surface area contributed by atoms with Crippen LogP contribution in [0.1, 0.15) is 30.1 Å². The number of hydrogen-bond donors (Lipinski definition) is 2. The molecule has 2 heterocycles. The molecule has 14 heteroatoms. The average molecular weight is 586 g/mol. The predicted molar refractivity (Wildman–Crippen MR) is 142 cm³/mol. The second kappa shape index (κ2) is 11.8. The molecule has 1 aromatic heterocycles. The van der Waals surface area contributed by atoms with Crippen LogP contribution in [0.2, 0.25) is 0 Å². The highest BCUT2D eigenvalue weighted by molar-refractivity contribution is 7.87. The first-order chi connectivity index (χ1) is 19.5. The van der Waals surface area contributed by atoms with E-state index in [0.29, 0.717) is 22.9 Å². The van der Waals surface area contributed by atoms with Crippen LogP contribution in [0.3, 0.4) is 0 Å². The van der Waals surface area contributed by atoms with E-state index in [1.54, 1.807) is 31.2 Å². The number of likely N-dealkylation sites (tertiary alicyclic amines) is 1. The highest BCUT2D eigenvalue weighted by Crippen LogP contribution is 2.33. The molecule has 11 nitrogen and oxygen atoms in total. The molecule has 0 bridgehead atoms. The zero-order chi connectivity index (χ0) is 29.8. The van der Waals surface area contributed by atoms with E-state index in [-0.39, 0.29) is 22.6 Å². The molecule has 1 saturated heterocycles. The van der Waals surface area contributed by atoms with Crippen molar-refractivity contribution in [2.75, 3.05) is 19.6 Å². The highest BCUT2D eigenvalue weighted by Gasteiger charge is 2.47. The van der Waals surface area contributed by atoms with Crippen molar-refractivity contribution >= 4 is 38.9 Å². The van der Waals surface area contributed by atoms with Gasteiger partial charge in [-0.25, -0.2) is 13.6 Å².